The maximum absolute atomic E-state index is 9.59. The van der Waals surface area contributed by atoms with E-state index in [0.29, 0.717) is 16.8 Å². The minimum Gasteiger partial charge on any atom is -0.456 e. The van der Waals surface area contributed by atoms with E-state index in [4.69, 9.17) is 8.83 Å². The zero-order valence-corrected chi connectivity index (χ0v) is 15.2. The largest absolute Gasteiger partial charge is 0.569 e. The highest BCUT2D eigenvalue weighted by Gasteiger charge is 2.31. The van der Waals surface area contributed by atoms with Crippen LogP contribution in [0.2, 0.25) is 0 Å². The summed E-state index contributed by atoms with van der Waals surface area (Å²) >= 11 is 0. The van der Waals surface area contributed by atoms with Gasteiger partial charge in [-0.25, -0.2) is 0 Å². The monoisotopic (exact) mass is 377 g/mol. The summed E-state index contributed by atoms with van der Waals surface area (Å²) in [5.74, 6) is 0.575. The highest BCUT2D eigenvalue weighted by Crippen LogP contribution is 2.41. The molecule has 136 valence electrons. The summed E-state index contributed by atoms with van der Waals surface area (Å²) in [6, 6.07) is 20.2. The molecular formula is C24H14BO4+. The van der Waals surface area contributed by atoms with Crippen LogP contribution < -0.4 is 0 Å². The quantitative estimate of drug-likeness (QED) is 0.331. The van der Waals surface area contributed by atoms with Crippen molar-refractivity contribution < 1.29 is 18.9 Å². The molecule has 0 saturated heterocycles. The second kappa shape index (κ2) is 5.93. The van der Waals surface area contributed by atoms with E-state index in [1.165, 1.54) is 6.08 Å². The van der Waals surface area contributed by atoms with Crippen LogP contribution in [-0.2, 0) is 0 Å². The normalized spacial score (nSPS) is 13.0. The zero-order valence-electron chi connectivity index (χ0n) is 15.2. The van der Waals surface area contributed by atoms with Gasteiger partial charge in [-0.2, -0.15) is 0 Å². The number of hydrogen-bond acceptors (Lipinski definition) is 4. The van der Waals surface area contributed by atoms with Gasteiger partial charge in [0.2, 0.25) is 0 Å². The molecule has 2 N–H and O–H groups in total. The molecule has 0 spiro atoms. The Morgan fingerprint density at radius 3 is 2.31 bits per heavy atom. The Bertz CT molecular complexity index is 1470. The van der Waals surface area contributed by atoms with Gasteiger partial charge in [0.15, 0.2) is 5.58 Å². The fraction of sp³-hybridized carbons (Fsp3) is 0. The molecule has 0 amide bonds. The highest BCUT2D eigenvalue weighted by atomic mass is 16.4. The van der Waals surface area contributed by atoms with E-state index < -0.39 is 7.12 Å². The Kier molecular flexibility index (Phi) is 3.34. The zero-order chi connectivity index (χ0) is 19.5. The van der Waals surface area contributed by atoms with Crippen molar-refractivity contribution in [1.29, 1.82) is 0 Å². The molecule has 2 heterocycles. The molecule has 5 heteroatoms. The predicted octanol–water partition coefficient (Wildman–Crippen LogP) is 5.12. The van der Waals surface area contributed by atoms with Gasteiger partial charge in [-0.15, -0.1) is 0 Å². The number of allylic oxidation sites excluding steroid dienone is 2. The third-order valence-electron chi connectivity index (χ3n) is 5.41. The molecule has 2 aromatic heterocycles. The second-order valence-corrected chi connectivity index (χ2v) is 7.14. The number of furan rings is 2. The van der Waals surface area contributed by atoms with E-state index in [1.54, 1.807) is 6.08 Å². The van der Waals surface area contributed by atoms with Crippen LogP contribution in [-0.4, -0.2) is 17.2 Å². The van der Waals surface area contributed by atoms with E-state index in [9.17, 15) is 10.0 Å². The Morgan fingerprint density at radius 2 is 1.52 bits per heavy atom. The maximum Gasteiger partial charge on any atom is 0.569 e. The molecule has 0 atom stereocenters. The molecule has 1 aliphatic rings. The lowest BCUT2D eigenvalue weighted by atomic mass is 9.76. The highest BCUT2D eigenvalue weighted by molar-refractivity contribution is 6.53. The Morgan fingerprint density at radius 1 is 0.759 bits per heavy atom. The number of rotatable bonds is 2. The van der Waals surface area contributed by atoms with Crippen LogP contribution in [0.25, 0.3) is 50.1 Å². The lowest BCUT2D eigenvalue weighted by molar-refractivity contribution is 0.421. The van der Waals surface area contributed by atoms with Crippen molar-refractivity contribution in [2.24, 2.45) is 0 Å². The molecule has 3 aromatic carbocycles. The van der Waals surface area contributed by atoms with Crippen molar-refractivity contribution in [3.63, 3.8) is 0 Å². The maximum atomic E-state index is 9.59. The Labute approximate surface area is 166 Å². The lowest BCUT2D eigenvalue weighted by Crippen LogP contribution is -2.14. The van der Waals surface area contributed by atoms with E-state index in [1.807, 2.05) is 36.4 Å². The van der Waals surface area contributed by atoms with Crippen LogP contribution in [0.4, 0.5) is 0 Å². The standard InChI is InChI=1S/C24H14BO4/c26-25(27)16-7-9-20-18(13-16)24-22(29-20)11-10-21-23(24)17-12-15(6-8-19(17)28-21)14-4-2-1-3-5-14/h1-8,10-13,26-27H/q+1. The Hall–Kier alpha value is -3.63. The summed E-state index contributed by atoms with van der Waals surface area (Å²) < 4.78 is 12.1. The minimum atomic E-state index is -1.56. The van der Waals surface area contributed by atoms with Crippen molar-refractivity contribution in [2.75, 3.05) is 0 Å². The fourth-order valence-electron chi connectivity index (χ4n) is 4.04. The first-order chi connectivity index (χ1) is 14.2. The van der Waals surface area contributed by atoms with Crippen molar-refractivity contribution in [2.45, 2.75) is 0 Å². The van der Waals surface area contributed by atoms with Crippen molar-refractivity contribution in [3.05, 3.63) is 89.6 Å². The topological polar surface area (TPSA) is 66.7 Å². The third kappa shape index (κ3) is 2.40. The van der Waals surface area contributed by atoms with Crippen LogP contribution >= 0.6 is 0 Å². The van der Waals surface area contributed by atoms with Gasteiger partial charge in [0.25, 0.3) is 0 Å². The third-order valence-corrected chi connectivity index (χ3v) is 5.41. The first-order valence-corrected chi connectivity index (χ1v) is 9.34. The van der Waals surface area contributed by atoms with Crippen molar-refractivity contribution in [1.82, 2.24) is 0 Å². The molecule has 29 heavy (non-hydrogen) atoms. The van der Waals surface area contributed by atoms with Gasteiger partial charge in [0.1, 0.15) is 22.8 Å². The summed E-state index contributed by atoms with van der Waals surface area (Å²) in [4.78, 5) is 0. The van der Waals surface area contributed by atoms with Gasteiger partial charge in [-0.3, -0.25) is 0 Å². The number of fused-ring (bicyclic) bond motifs is 7. The van der Waals surface area contributed by atoms with Crippen LogP contribution in [0.3, 0.4) is 0 Å². The van der Waals surface area contributed by atoms with Crippen molar-refractivity contribution >= 4 is 46.1 Å². The average Bonchev–Trinajstić information content (AvgIpc) is 3.30. The lowest BCUT2D eigenvalue weighted by Gasteiger charge is -2.01. The van der Waals surface area contributed by atoms with E-state index in [2.05, 4.69) is 30.3 Å². The van der Waals surface area contributed by atoms with Crippen LogP contribution in [0.5, 0.6) is 0 Å². The van der Waals surface area contributed by atoms with Crippen LogP contribution in [0.1, 0.15) is 11.3 Å². The summed E-state index contributed by atoms with van der Waals surface area (Å²) in [6.45, 7) is 0. The molecule has 4 nitrogen and oxygen atoms in total. The van der Waals surface area contributed by atoms with Gasteiger partial charge < -0.3 is 18.9 Å². The van der Waals surface area contributed by atoms with Gasteiger partial charge in [0, 0.05) is 5.39 Å². The summed E-state index contributed by atoms with van der Waals surface area (Å²) in [6.07, 6.45) is 6.29. The molecule has 1 aliphatic carbocycles. The minimum absolute atomic E-state index is 0.370. The molecular weight excluding hydrogens is 363 g/mol. The van der Waals surface area contributed by atoms with Gasteiger partial charge in [-0.05, 0) is 35.4 Å². The first kappa shape index (κ1) is 16.3. The predicted molar refractivity (Wildman–Crippen MR) is 114 cm³/mol. The van der Waals surface area contributed by atoms with E-state index in [-0.39, 0.29) is 0 Å². The average molecular weight is 377 g/mol. The number of hydrogen-bond donors (Lipinski definition) is 2. The van der Waals surface area contributed by atoms with Gasteiger partial charge >= 0.3 is 12.9 Å². The molecule has 0 unspecified atom stereocenters. The van der Waals surface area contributed by atoms with Crippen LogP contribution in [0.15, 0.2) is 81.0 Å². The van der Waals surface area contributed by atoms with E-state index >= 15 is 0 Å². The molecule has 0 saturated carbocycles. The Balaban J connectivity index is 1.71. The molecule has 0 fully saturated rings. The summed E-state index contributed by atoms with van der Waals surface area (Å²) in [5, 5.41) is 22.0. The molecule has 5 aromatic rings. The van der Waals surface area contributed by atoms with Crippen molar-refractivity contribution in [3.8, 4) is 11.1 Å². The van der Waals surface area contributed by atoms with Gasteiger partial charge in [-0.1, -0.05) is 36.4 Å². The smallest absolute Gasteiger partial charge is 0.456 e. The van der Waals surface area contributed by atoms with Crippen LogP contribution in [0, 0.1) is 6.08 Å². The summed E-state index contributed by atoms with van der Waals surface area (Å²) in [7, 11) is -1.56. The SMILES string of the molecule is OB(O)C1=Cc2c(oc3ccc4oc5ccc(-c6ccccc6)cc5c4c23)[C+]=C1. The molecule has 6 rings (SSSR count). The fourth-order valence-corrected chi connectivity index (χ4v) is 4.04. The second-order valence-electron chi connectivity index (χ2n) is 7.14. The molecule has 0 radical (unpaired) electrons. The summed E-state index contributed by atoms with van der Waals surface area (Å²) in [5.41, 5.74) is 5.65. The first-order valence-electron chi connectivity index (χ1n) is 9.34. The number of benzene rings is 3. The van der Waals surface area contributed by atoms with E-state index in [0.717, 1.165) is 44.0 Å². The van der Waals surface area contributed by atoms with Gasteiger partial charge in [0.05, 0.1) is 28.4 Å². The molecule has 0 aliphatic heterocycles. The molecule has 0 bridgehead atoms.